The van der Waals surface area contributed by atoms with Crippen LogP contribution < -0.4 is 10.6 Å². The molecule has 0 spiro atoms. The highest BCUT2D eigenvalue weighted by Gasteiger charge is 2.30. The number of ether oxygens (including phenoxy) is 1. The zero-order valence-corrected chi connectivity index (χ0v) is 15.7. The fourth-order valence-corrected chi connectivity index (χ4v) is 3.39. The molecule has 24 heavy (non-hydrogen) atoms. The summed E-state index contributed by atoms with van der Waals surface area (Å²) >= 11 is 0. The van der Waals surface area contributed by atoms with Crippen LogP contribution >= 0.6 is 0 Å². The molecule has 3 atom stereocenters. The minimum Gasteiger partial charge on any atom is -0.373 e. The maximum Gasteiger partial charge on any atom is 0.243 e. The number of hydrogen-bond donors (Lipinski definition) is 2. The Hall–Kier alpha value is -1.30. The highest BCUT2D eigenvalue weighted by atomic mass is 16.5. The van der Waals surface area contributed by atoms with Gasteiger partial charge in [-0.05, 0) is 38.5 Å². The van der Waals surface area contributed by atoms with Crippen molar-refractivity contribution in [2.75, 3.05) is 33.8 Å². The maximum absolute atomic E-state index is 11.9. The number of rotatable bonds is 5. The van der Waals surface area contributed by atoms with E-state index in [0.29, 0.717) is 12.0 Å². The molecule has 0 aromatic heterocycles. The lowest BCUT2D eigenvalue weighted by Gasteiger charge is -2.32. The van der Waals surface area contributed by atoms with Crippen LogP contribution in [0.5, 0.6) is 0 Å². The Morgan fingerprint density at radius 2 is 2.04 bits per heavy atom. The molecule has 1 saturated carbocycles. The van der Waals surface area contributed by atoms with Crippen LogP contribution in [-0.2, 0) is 9.53 Å². The predicted molar refractivity (Wildman–Crippen MR) is 97.1 cm³/mol. The van der Waals surface area contributed by atoms with Gasteiger partial charge < -0.3 is 20.3 Å². The van der Waals surface area contributed by atoms with Crippen molar-refractivity contribution in [2.45, 2.75) is 64.0 Å². The van der Waals surface area contributed by atoms with E-state index in [1.54, 1.807) is 19.0 Å². The van der Waals surface area contributed by atoms with Crippen molar-refractivity contribution in [1.29, 1.82) is 0 Å². The van der Waals surface area contributed by atoms with E-state index in [9.17, 15) is 4.79 Å². The van der Waals surface area contributed by atoms with Crippen molar-refractivity contribution >= 4 is 11.9 Å². The SMILES string of the molecule is CC1CCCCC1NC(=NCC(=O)N(C)C)NCC1(C)CCCO1. The molecule has 138 valence electrons. The van der Waals surface area contributed by atoms with Gasteiger partial charge in [0.05, 0.1) is 5.60 Å². The molecule has 1 amide bonds. The van der Waals surface area contributed by atoms with E-state index in [4.69, 9.17) is 4.74 Å². The molecule has 6 nitrogen and oxygen atoms in total. The molecule has 3 unspecified atom stereocenters. The maximum atomic E-state index is 11.9. The Morgan fingerprint density at radius 1 is 1.29 bits per heavy atom. The van der Waals surface area contributed by atoms with Crippen LogP contribution in [0.4, 0.5) is 0 Å². The first kappa shape index (κ1) is 19.0. The normalized spacial score (nSPS) is 30.9. The number of nitrogens with zero attached hydrogens (tertiary/aromatic N) is 2. The molecule has 2 fully saturated rings. The number of hydrogen-bond acceptors (Lipinski definition) is 3. The molecule has 2 N–H and O–H groups in total. The number of likely N-dealkylation sites (N-methyl/N-ethyl adjacent to an activating group) is 1. The van der Waals surface area contributed by atoms with Gasteiger partial charge in [0.25, 0.3) is 0 Å². The van der Waals surface area contributed by atoms with E-state index < -0.39 is 0 Å². The quantitative estimate of drug-likeness (QED) is 0.592. The Balaban J connectivity index is 1.96. The van der Waals surface area contributed by atoms with Gasteiger partial charge in [-0.15, -0.1) is 0 Å². The van der Waals surface area contributed by atoms with Crippen LogP contribution in [-0.4, -0.2) is 62.2 Å². The number of amides is 1. The van der Waals surface area contributed by atoms with Crippen LogP contribution in [0, 0.1) is 5.92 Å². The molecule has 1 heterocycles. The first-order valence-corrected chi connectivity index (χ1v) is 9.28. The van der Waals surface area contributed by atoms with Gasteiger partial charge in [-0.3, -0.25) is 4.79 Å². The Morgan fingerprint density at radius 3 is 2.67 bits per heavy atom. The summed E-state index contributed by atoms with van der Waals surface area (Å²) in [6, 6.07) is 0.428. The van der Waals surface area contributed by atoms with Crippen LogP contribution in [0.25, 0.3) is 0 Å². The van der Waals surface area contributed by atoms with Gasteiger partial charge in [-0.1, -0.05) is 19.8 Å². The van der Waals surface area contributed by atoms with Crippen LogP contribution in [0.1, 0.15) is 52.4 Å². The largest absolute Gasteiger partial charge is 0.373 e. The van der Waals surface area contributed by atoms with Crippen molar-refractivity contribution in [3.8, 4) is 0 Å². The molecule has 2 aliphatic rings. The van der Waals surface area contributed by atoms with E-state index >= 15 is 0 Å². The summed E-state index contributed by atoms with van der Waals surface area (Å²) in [7, 11) is 3.52. The van der Waals surface area contributed by atoms with Gasteiger partial charge in [0.15, 0.2) is 5.96 Å². The minimum absolute atomic E-state index is 0.0103. The van der Waals surface area contributed by atoms with Crippen LogP contribution in [0.15, 0.2) is 4.99 Å². The van der Waals surface area contributed by atoms with Crippen molar-refractivity contribution < 1.29 is 9.53 Å². The molecular formula is C18H34N4O2. The fraction of sp³-hybridized carbons (Fsp3) is 0.889. The topological polar surface area (TPSA) is 66.0 Å². The summed E-state index contributed by atoms with van der Waals surface area (Å²) in [6.45, 7) is 6.15. The third-order valence-electron chi connectivity index (χ3n) is 5.24. The molecule has 0 bridgehead atoms. The van der Waals surface area contributed by atoms with Gasteiger partial charge in [0.2, 0.25) is 5.91 Å². The van der Waals surface area contributed by atoms with Crippen LogP contribution in [0.3, 0.4) is 0 Å². The van der Waals surface area contributed by atoms with Crippen molar-refractivity contribution in [3.05, 3.63) is 0 Å². The molecule has 6 heteroatoms. The second-order valence-corrected chi connectivity index (χ2v) is 7.72. The number of nitrogens with one attached hydrogen (secondary N) is 2. The first-order chi connectivity index (χ1) is 11.4. The number of guanidine groups is 1. The lowest BCUT2D eigenvalue weighted by Crippen LogP contribution is -2.51. The summed E-state index contributed by atoms with van der Waals surface area (Å²) in [6.07, 6.45) is 7.15. The smallest absolute Gasteiger partial charge is 0.243 e. The lowest BCUT2D eigenvalue weighted by atomic mass is 9.86. The molecule has 0 aromatic carbocycles. The summed E-state index contributed by atoms with van der Waals surface area (Å²) in [5.41, 5.74) is -0.133. The summed E-state index contributed by atoms with van der Waals surface area (Å²) in [5, 5.41) is 6.96. The molecule has 1 aliphatic carbocycles. The highest BCUT2D eigenvalue weighted by Crippen LogP contribution is 2.25. The average Bonchev–Trinajstić information content (AvgIpc) is 2.98. The first-order valence-electron chi connectivity index (χ1n) is 9.28. The van der Waals surface area contributed by atoms with E-state index in [-0.39, 0.29) is 18.1 Å². The molecule has 1 saturated heterocycles. The summed E-state index contributed by atoms with van der Waals surface area (Å²) in [4.78, 5) is 18.0. The van der Waals surface area contributed by atoms with E-state index in [0.717, 1.165) is 38.4 Å². The van der Waals surface area contributed by atoms with Gasteiger partial charge in [-0.2, -0.15) is 0 Å². The van der Waals surface area contributed by atoms with Gasteiger partial charge in [0.1, 0.15) is 6.54 Å². The van der Waals surface area contributed by atoms with E-state index in [1.807, 2.05) is 0 Å². The van der Waals surface area contributed by atoms with E-state index in [2.05, 4.69) is 29.5 Å². The molecule has 1 aliphatic heterocycles. The van der Waals surface area contributed by atoms with Crippen molar-refractivity contribution in [3.63, 3.8) is 0 Å². The zero-order valence-electron chi connectivity index (χ0n) is 15.7. The summed E-state index contributed by atoms with van der Waals surface area (Å²) in [5.74, 6) is 1.38. The number of carbonyl (C=O) groups is 1. The Kier molecular flexibility index (Phi) is 6.90. The molecule has 0 radical (unpaired) electrons. The van der Waals surface area contributed by atoms with Gasteiger partial charge >= 0.3 is 0 Å². The fourth-order valence-electron chi connectivity index (χ4n) is 3.39. The third kappa shape index (κ3) is 5.65. The number of carbonyl (C=O) groups excluding carboxylic acids is 1. The van der Waals surface area contributed by atoms with Crippen LogP contribution in [0.2, 0.25) is 0 Å². The van der Waals surface area contributed by atoms with Gasteiger partial charge in [-0.25, -0.2) is 4.99 Å². The zero-order chi connectivity index (χ0) is 17.6. The average molecular weight is 338 g/mol. The van der Waals surface area contributed by atoms with Crippen molar-refractivity contribution in [1.82, 2.24) is 15.5 Å². The highest BCUT2D eigenvalue weighted by molar-refractivity contribution is 5.85. The lowest BCUT2D eigenvalue weighted by molar-refractivity contribution is -0.127. The monoisotopic (exact) mass is 338 g/mol. The Labute approximate surface area is 146 Å². The standard InChI is InChI=1S/C18H34N4O2/c1-14-8-5-6-9-15(14)21-17(19-12-16(23)22(3)4)20-13-18(2)10-7-11-24-18/h14-15H,5-13H2,1-4H3,(H2,19,20,21). The second kappa shape index (κ2) is 8.70. The minimum atomic E-state index is -0.133. The summed E-state index contributed by atoms with van der Waals surface area (Å²) < 4.78 is 5.85. The molecular weight excluding hydrogens is 304 g/mol. The second-order valence-electron chi connectivity index (χ2n) is 7.72. The molecule has 2 rings (SSSR count). The predicted octanol–water partition coefficient (Wildman–Crippen LogP) is 1.76. The third-order valence-corrected chi connectivity index (χ3v) is 5.24. The Bertz CT molecular complexity index is 444. The molecule has 0 aromatic rings. The number of aliphatic imine (C=N–C) groups is 1. The van der Waals surface area contributed by atoms with E-state index in [1.165, 1.54) is 19.3 Å². The van der Waals surface area contributed by atoms with Gasteiger partial charge in [0, 0.05) is 33.3 Å². The van der Waals surface area contributed by atoms with Crippen molar-refractivity contribution in [2.24, 2.45) is 10.9 Å².